The SMILES string of the molecule is C=CCn1c(SCC(=O)Nc2cc(C(F)(F)F)ccc2Cl)nnc1[C@H](NC(=O)c1ccccc1)C(C)C. The molecule has 0 fully saturated rings. The molecule has 0 bridgehead atoms. The van der Waals surface area contributed by atoms with E-state index in [2.05, 4.69) is 27.4 Å². The molecule has 0 saturated carbocycles. The van der Waals surface area contributed by atoms with Gasteiger partial charge < -0.3 is 15.2 Å². The number of benzene rings is 2. The van der Waals surface area contributed by atoms with Crippen LogP contribution in [0, 0.1) is 5.92 Å². The van der Waals surface area contributed by atoms with E-state index in [9.17, 15) is 22.8 Å². The molecule has 12 heteroatoms. The number of carbonyl (C=O) groups is 2. The first-order chi connectivity index (χ1) is 17.5. The summed E-state index contributed by atoms with van der Waals surface area (Å²) < 4.78 is 40.8. The van der Waals surface area contributed by atoms with Crippen LogP contribution >= 0.6 is 23.4 Å². The van der Waals surface area contributed by atoms with Crippen LogP contribution in [0.3, 0.4) is 0 Å². The van der Waals surface area contributed by atoms with Gasteiger partial charge in [0.15, 0.2) is 11.0 Å². The van der Waals surface area contributed by atoms with E-state index in [1.807, 2.05) is 19.9 Å². The summed E-state index contributed by atoms with van der Waals surface area (Å²) in [5, 5.41) is 14.2. The van der Waals surface area contributed by atoms with Gasteiger partial charge in [-0.25, -0.2) is 0 Å². The predicted octanol–water partition coefficient (Wildman–Crippen LogP) is 5.99. The molecule has 3 rings (SSSR count). The van der Waals surface area contributed by atoms with E-state index >= 15 is 0 Å². The second kappa shape index (κ2) is 12.3. The fourth-order valence-electron chi connectivity index (χ4n) is 3.39. The maximum absolute atomic E-state index is 13.0. The summed E-state index contributed by atoms with van der Waals surface area (Å²) in [5.41, 5.74) is -0.561. The van der Waals surface area contributed by atoms with Crippen molar-refractivity contribution < 1.29 is 22.8 Å². The van der Waals surface area contributed by atoms with Crippen LogP contribution in [-0.4, -0.2) is 32.3 Å². The monoisotopic (exact) mass is 551 g/mol. The van der Waals surface area contributed by atoms with E-state index in [0.717, 1.165) is 30.0 Å². The van der Waals surface area contributed by atoms with E-state index < -0.39 is 23.7 Å². The minimum atomic E-state index is -4.57. The second-order valence-electron chi connectivity index (χ2n) is 8.33. The summed E-state index contributed by atoms with van der Waals surface area (Å²) in [5.74, 6) is -0.546. The molecule has 0 unspecified atom stereocenters. The Labute approximate surface area is 221 Å². The van der Waals surface area contributed by atoms with Crippen LogP contribution in [0.5, 0.6) is 0 Å². The highest BCUT2D eigenvalue weighted by atomic mass is 35.5. The van der Waals surface area contributed by atoms with Crippen LogP contribution in [0.15, 0.2) is 66.3 Å². The standard InChI is InChI=1S/C25H25ClF3N5O2S/c1-4-12-34-22(21(15(2)3)31-23(36)16-8-6-5-7-9-16)32-33-24(34)37-14-20(35)30-19-13-17(25(27,28)29)10-11-18(19)26/h4-11,13,15,21H,1,12,14H2,2-3H3,(H,30,35)(H,31,36)/t21-/m1/s1. The van der Waals surface area contributed by atoms with E-state index in [0.29, 0.717) is 23.1 Å². The number of amides is 2. The Hall–Kier alpha value is -3.31. The molecule has 3 aromatic rings. The van der Waals surface area contributed by atoms with E-state index in [1.54, 1.807) is 34.9 Å². The largest absolute Gasteiger partial charge is 0.416 e. The Balaban J connectivity index is 1.75. The van der Waals surface area contributed by atoms with Crippen molar-refractivity contribution in [3.63, 3.8) is 0 Å². The molecule has 196 valence electrons. The number of thioether (sulfide) groups is 1. The fraction of sp³-hybridized carbons (Fsp3) is 0.280. The third-order valence-corrected chi connectivity index (χ3v) is 6.52. The first-order valence-electron chi connectivity index (χ1n) is 11.2. The number of allylic oxidation sites excluding steroid dienone is 1. The minimum absolute atomic E-state index is 0.0163. The number of alkyl halides is 3. The summed E-state index contributed by atoms with van der Waals surface area (Å²) in [6.45, 7) is 7.94. The minimum Gasteiger partial charge on any atom is -0.342 e. The molecule has 1 aromatic heterocycles. The normalized spacial score (nSPS) is 12.3. The van der Waals surface area contributed by atoms with Gasteiger partial charge in [0.25, 0.3) is 5.91 Å². The molecule has 1 heterocycles. The molecule has 0 aliphatic rings. The summed E-state index contributed by atoms with van der Waals surface area (Å²) in [7, 11) is 0. The average Bonchev–Trinajstić information content (AvgIpc) is 3.24. The molecule has 0 aliphatic carbocycles. The van der Waals surface area contributed by atoms with E-state index in [1.165, 1.54) is 0 Å². The molecule has 7 nitrogen and oxygen atoms in total. The van der Waals surface area contributed by atoms with Gasteiger partial charge in [-0.15, -0.1) is 16.8 Å². The van der Waals surface area contributed by atoms with Crippen LogP contribution in [-0.2, 0) is 17.5 Å². The Bertz CT molecular complexity index is 1260. The van der Waals surface area contributed by atoms with Crippen molar-refractivity contribution in [2.45, 2.75) is 37.8 Å². The van der Waals surface area contributed by atoms with Crippen LogP contribution < -0.4 is 10.6 Å². The summed E-state index contributed by atoms with van der Waals surface area (Å²) in [6, 6.07) is 11.0. The Morgan fingerprint density at radius 1 is 1.16 bits per heavy atom. The smallest absolute Gasteiger partial charge is 0.342 e. The highest BCUT2D eigenvalue weighted by Gasteiger charge is 2.31. The fourth-order valence-corrected chi connectivity index (χ4v) is 4.31. The van der Waals surface area contributed by atoms with Crippen molar-refractivity contribution in [2.24, 2.45) is 5.92 Å². The lowest BCUT2D eigenvalue weighted by Gasteiger charge is -2.22. The zero-order valence-electron chi connectivity index (χ0n) is 20.1. The number of nitrogens with zero attached hydrogens (tertiary/aromatic N) is 3. The maximum atomic E-state index is 13.0. The van der Waals surface area contributed by atoms with Gasteiger partial charge in [0.05, 0.1) is 28.1 Å². The number of halogens is 4. The highest BCUT2D eigenvalue weighted by Crippen LogP contribution is 2.34. The Morgan fingerprint density at radius 3 is 2.49 bits per heavy atom. The summed E-state index contributed by atoms with van der Waals surface area (Å²) in [6.07, 6.45) is -2.94. The molecule has 0 saturated heterocycles. The Kier molecular flexibility index (Phi) is 9.39. The van der Waals surface area contributed by atoms with Gasteiger partial charge in [-0.05, 0) is 36.2 Å². The Morgan fingerprint density at radius 2 is 1.86 bits per heavy atom. The number of hydrogen-bond donors (Lipinski definition) is 2. The second-order valence-corrected chi connectivity index (χ2v) is 9.68. The van der Waals surface area contributed by atoms with Crippen LogP contribution in [0.25, 0.3) is 0 Å². The number of hydrogen-bond acceptors (Lipinski definition) is 5. The molecule has 1 atom stereocenters. The van der Waals surface area contributed by atoms with Crippen molar-refractivity contribution in [2.75, 3.05) is 11.1 Å². The van der Waals surface area contributed by atoms with Gasteiger partial charge in [-0.3, -0.25) is 9.59 Å². The lowest BCUT2D eigenvalue weighted by molar-refractivity contribution is -0.137. The van der Waals surface area contributed by atoms with Gasteiger partial charge in [0.2, 0.25) is 5.91 Å². The van der Waals surface area contributed by atoms with Crippen molar-refractivity contribution in [3.05, 3.63) is 83.2 Å². The summed E-state index contributed by atoms with van der Waals surface area (Å²) >= 11 is 7.01. The van der Waals surface area contributed by atoms with Crippen molar-refractivity contribution in [1.82, 2.24) is 20.1 Å². The van der Waals surface area contributed by atoms with Crippen molar-refractivity contribution >= 4 is 40.9 Å². The molecular weight excluding hydrogens is 527 g/mol. The van der Waals surface area contributed by atoms with Crippen LogP contribution in [0.4, 0.5) is 18.9 Å². The van der Waals surface area contributed by atoms with Gasteiger partial charge in [0, 0.05) is 12.1 Å². The quantitative estimate of drug-likeness (QED) is 0.238. The predicted molar refractivity (Wildman–Crippen MR) is 138 cm³/mol. The first-order valence-corrected chi connectivity index (χ1v) is 12.6. The van der Waals surface area contributed by atoms with Gasteiger partial charge in [0.1, 0.15) is 0 Å². The number of aromatic nitrogens is 3. The van der Waals surface area contributed by atoms with Gasteiger partial charge in [-0.2, -0.15) is 13.2 Å². The van der Waals surface area contributed by atoms with E-state index in [-0.39, 0.29) is 28.3 Å². The zero-order valence-corrected chi connectivity index (χ0v) is 21.6. The molecular formula is C25H25ClF3N5O2S. The molecule has 0 spiro atoms. The lowest BCUT2D eigenvalue weighted by atomic mass is 10.0. The van der Waals surface area contributed by atoms with E-state index in [4.69, 9.17) is 11.6 Å². The van der Waals surface area contributed by atoms with Crippen LogP contribution in [0.2, 0.25) is 5.02 Å². The third-order valence-electron chi connectivity index (χ3n) is 5.22. The highest BCUT2D eigenvalue weighted by molar-refractivity contribution is 7.99. The van der Waals surface area contributed by atoms with Crippen molar-refractivity contribution in [1.29, 1.82) is 0 Å². The molecule has 2 amide bonds. The topological polar surface area (TPSA) is 88.9 Å². The molecule has 37 heavy (non-hydrogen) atoms. The molecule has 2 aromatic carbocycles. The maximum Gasteiger partial charge on any atom is 0.416 e. The average molecular weight is 552 g/mol. The lowest BCUT2D eigenvalue weighted by Crippen LogP contribution is -2.33. The number of carbonyl (C=O) groups excluding carboxylic acids is 2. The van der Waals surface area contributed by atoms with Crippen LogP contribution in [0.1, 0.15) is 41.6 Å². The number of nitrogens with one attached hydrogen (secondary N) is 2. The molecule has 0 aliphatic heterocycles. The zero-order chi connectivity index (χ0) is 27.2. The first kappa shape index (κ1) is 28.3. The number of anilines is 1. The molecule has 2 N–H and O–H groups in total. The van der Waals surface area contributed by atoms with Gasteiger partial charge in [-0.1, -0.05) is 61.5 Å². The van der Waals surface area contributed by atoms with Crippen molar-refractivity contribution in [3.8, 4) is 0 Å². The summed E-state index contributed by atoms with van der Waals surface area (Å²) in [4.78, 5) is 25.3. The molecule has 0 radical (unpaired) electrons. The third kappa shape index (κ3) is 7.36. The number of rotatable bonds is 10. The van der Waals surface area contributed by atoms with Gasteiger partial charge >= 0.3 is 6.18 Å².